The van der Waals surface area contributed by atoms with Crippen molar-refractivity contribution in [1.29, 1.82) is 0 Å². The average Bonchev–Trinajstić information content (AvgIpc) is 3.14. The van der Waals surface area contributed by atoms with Gasteiger partial charge in [0.15, 0.2) is 5.82 Å². The molecule has 0 spiro atoms. The Bertz CT molecular complexity index is 1120. The van der Waals surface area contributed by atoms with Gasteiger partial charge in [-0.25, -0.2) is 9.97 Å². The van der Waals surface area contributed by atoms with Crippen LogP contribution in [0.25, 0.3) is 22.6 Å². The molecule has 3 aromatic heterocycles. The highest BCUT2D eigenvalue weighted by molar-refractivity contribution is 5.62. The van der Waals surface area contributed by atoms with Gasteiger partial charge >= 0.3 is 0 Å². The molecule has 0 fully saturated rings. The molecule has 0 amide bonds. The molecular weight excluding hydrogens is 360 g/mol. The summed E-state index contributed by atoms with van der Waals surface area (Å²) in [5.41, 5.74) is 6.77. The lowest BCUT2D eigenvalue weighted by atomic mass is 10.0. The Balaban J connectivity index is 1.36. The van der Waals surface area contributed by atoms with E-state index in [4.69, 9.17) is 10.1 Å². The van der Waals surface area contributed by atoms with Crippen molar-refractivity contribution < 1.29 is 0 Å². The number of benzene rings is 1. The number of pyridine rings is 1. The molecular formula is C23H22N6. The minimum Gasteiger partial charge on any atom is -0.294 e. The molecule has 5 rings (SSSR count). The molecule has 0 N–H and O–H groups in total. The van der Waals surface area contributed by atoms with Crippen LogP contribution in [0.5, 0.6) is 0 Å². The maximum Gasteiger partial charge on any atom is 0.160 e. The Hall–Kier alpha value is -3.38. The second-order valence-corrected chi connectivity index (χ2v) is 7.41. The summed E-state index contributed by atoms with van der Waals surface area (Å²) in [5, 5.41) is 4.70. The minimum atomic E-state index is 0.754. The van der Waals surface area contributed by atoms with Crippen molar-refractivity contribution in [3.8, 4) is 22.6 Å². The molecule has 144 valence electrons. The zero-order chi connectivity index (χ0) is 19.6. The molecule has 1 aromatic carbocycles. The van der Waals surface area contributed by atoms with E-state index in [0.717, 1.165) is 54.4 Å². The van der Waals surface area contributed by atoms with Crippen molar-refractivity contribution in [3.05, 3.63) is 84.1 Å². The van der Waals surface area contributed by atoms with Gasteiger partial charge in [0.2, 0.25) is 0 Å². The zero-order valence-corrected chi connectivity index (χ0v) is 16.4. The third-order valence-electron chi connectivity index (χ3n) is 5.28. The molecule has 4 heterocycles. The van der Waals surface area contributed by atoms with E-state index in [1.807, 2.05) is 42.3 Å². The van der Waals surface area contributed by atoms with Gasteiger partial charge in [0.25, 0.3) is 0 Å². The second kappa shape index (κ2) is 7.56. The van der Waals surface area contributed by atoms with E-state index in [1.165, 1.54) is 11.1 Å². The van der Waals surface area contributed by atoms with E-state index in [0.29, 0.717) is 0 Å². The molecule has 4 aromatic rings. The first-order valence-electron chi connectivity index (χ1n) is 9.82. The van der Waals surface area contributed by atoms with Gasteiger partial charge in [-0.2, -0.15) is 5.10 Å². The van der Waals surface area contributed by atoms with Gasteiger partial charge in [-0.05, 0) is 12.1 Å². The average molecular weight is 382 g/mol. The number of nitrogens with zero attached hydrogens (tertiary/aromatic N) is 6. The topological polar surface area (TPSA) is 59.7 Å². The first kappa shape index (κ1) is 17.7. The van der Waals surface area contributed by atoms with Crippen LogP contribution in [0.4, 0.5) is 0 Å². The van der Waals surface area contributed by atoms with Crippen molar-refractivity contribution in [1.82, 2.24) is 29.6 Å². The Morgan fingerprint density at radius 2 is 1.86 bits per heavy atom. The highest BCUT2D eigenvalue weighted by Gasteiger charge is 2.21. The summed E-state index contributed by atoms with van der Waals surface area (Å²) in [5.74, 6) is 0.754. The van der Waals surface area contributed by atoms with Crippen molar-refractivity contribution in [2.45, 2.75) is 19.5 Å². The van der Waals surface area contributed by atoms with E-state index < -0.39 is 0 Å². The minimum absolute atomic E-state index is 0.754. The van der Waals surface area contributed by atoms with E-state index in [1.54, 1.807) is 6.20 Å². The fraction of sp³-hybridized carbons (Fsp3) is 0.217. The zero-order valence-electron chi connectivity index (χ0n) is 16.4. The van der Waals surface area contributed by atoms with Crippen LogP contribution in [0, 0.1) is 0 Å². The lowest BCUT2D eigenvalue weighted by Gasteiger charge is -2.28. The fourth-order valence-electron chi connectivity index (χ4n) is 3.88. The number of hydrogen-bond acceptors (Lipinski definition) is 5. The lowest BCUT2D eigenvalue weighted by Crippen LogP contribution is -2.31. The third kappa shape index (κ3) is 3.67. The number of aryl methyl sites for hydroxylation is 1. The highest BCUT2D eigenvalue weighted by atomic mass is 15.3. The summed E-state index contributed by atoms with van der Waals surface area (Å²) in [7, 11) is 1.98. The fourth-order valence-corrected chi connectivity index (χ4v) is 3.88. The van der Waals surface area contributed by atoms with Crippen LogP contribution in [-0.2, 0) is 26.6 Å². The molecule has 0 aliphatic carbocycles. The highest BCUT2D eigenvalue weighted by Crippen LogP contribution is 2.26. The van der Waals surface area contributed by atoms with Gasteiger partial charge in [-0.3, -0.25) is 14.6 Å². The first-order chi connectivity index (χ1) is 14.3. The van der Waals surface area contributed by atoms with Crippen LogP contribution >= 0.6 is 0 Å². The molecule has 1 aliphatic rings. The lowest BCUT2D eigenvalue weighted by molar-refractivity contribution is 0.243. The van der Waals surface area contributed by atoms with Crippen LogP contribution in [0.2, 0.25) is 0 Å². The van der Waals surface area contributed by atoms with E-state index >= 15 is 0 Å². The van der Waals surface area contributed by atoms with Crippen molar-refractivity contribution >= 4 is 0 Å². The summed E-state index contributed by atoms with van der Waals surface area (Å²) in [6.07, 6.45) is 8.59. The maximum absolute atomic E-state index is 4.80. The van der Waals surface area contributed by atoms with Gasteiger partial charge in [0, 0.05) is 80.1 Å². The molecule has 0 atom stereocenters. The number of aromatic nitrogens is 5. The molecule has 1 aliphatic heterocycles. The van der Waals surface area contributed by atoms with Crippen LogP contribution in [-0.4, -0.2) is 36.2 Å². The maximum atomic E-state index is 4.80. The predicted octanol–water partition coefficient (Wildman–Crippen LogP) is 3.50. The van der Waals surface area contributed by atoms with Gasteiger partial charge in [-0.15, -0.1) is 0 Å². The molecule has 0 unspecified atom stereocenters. The quantitative estimate of drug-likeness (QED) is 0.541. The molecule has 6 heteroatoms. The summed E-state index contributed by atoms with van der Waals surface area (Å²) >= 11 is 0. The van der Waals surface area contributed by atoms with Crippen molar-refractivity contribution in [3.63, 3.8) is 0 Å². The first-order valence-corrected chi connectivity index (χ1v) is 9.82. The molecule has 0 saturated heterocycles. The second-order valence-electron chi connectivity index (χ2n) is 7.41. The summed E-state index contributed by atoms with van der Waals surface area (Å²) in [4.78, 5) is 16.0. The molecule has 0 saturated carbocycles. The van der Waals surface area contributed by atoms with E-state index in [-0.39, 0.29) is 0 Å². The molecule has 0 radical (unpaired) electrons. The smallest absolute Gasteiger partial charge is 0.160 e. The monoisotopic (exact) mass is 382 g/mol. The molecule has 0 bridgehead atoms. The Morgan fingerprint density at radius 3 is 2.69 bits per heavy atom. The molecule has 29 heavy (non-hydrogen) atoms. The van der Waals surface area contributed by atoms with Gasteiger partial charge in [0.1, 0.15) is 0 Å². The number of hydrogen-bond donors (Lipinski definition) is 0. The van der Waals surface area contributed by atoms with Crippen LogP contribution in [0.3, 0.4) is 0 Å². The largest absolute Gasteiger partial charge is 0.294 e. The Labute approximate surface area is 169 Å². The van der Waals surface area contributed by atoms with Crippen molar-refractivity contribution in [2.75, 3.05) is 6.54 Å². The standard InChI is InChI=1S/C23H22N6/c1-28-14-20(22(27-28)17-6-3-2-4-7-17)16-29-11-9-21-19(15-29)13-25-23(26-21)18-8-5-10-24-12-18/h2-8,10,12-14H,9,11,15-16H2,1H3. The van der Waals surface area contributed by atoms with Gasteiger partial charge in [-0.1, -0.05) is 30.3 Å². The summed E-state index contributed by atoms with van der Waals surface area (Å²) in [6.45, 7) is 2.69. The molecule has 6 nitrogen and oxygen atoms in total. The van der Waals surface area contributed by atoms with Crippen LogP contribution in [0.15, 0.2) is 67.3 Å². The predicted molar refractivity (Wildman–Crippen MR) is 112 cm³/mol. The van der Waals surface area contributed by atoms with Gasteiger partial charge < -0.3 is 0 Å². The summed E-state index contributed by atoms with van der Waals surface area (Å²) in [6, 6.07) is 14.3. The number of rotatable bonds is 4. The number of fused-ring (bicyclic) bond motifs is 1. The summed E-state index contributed by atoms with van der Waals surface area (Å²) < 4.78 is 1.90. The van der Waals surface area contributed by atoms with Crippen LogP contribution < -0.4 is 0 Å². The van der Waals surface area contributed by atoms with Crippen LogP contribution in [0.1, 0.15) is 16.8 Å². The van der Waals surface area contributed by atoms with Gasteiger partial charge in [0.05, 0.1) is 11.4 Å². The normalized spacial score (nSPS) is 14.0. The van der Waals surface area contributed by atoms with E-state index in [2.05, 4.69) is 45.3 Å². The third-order valence-corrected chi connectivity index (χ3v) is 5.28. The van der Waals surface area contributed by atoms with E-state index in [9.17, 15) is 0 Å². The SMILES string of the molecule is Cn1cc(CN2CCc3nc(-c4cccnc4)ncc3C2)c(-c2ccccc2)n1. The Kier molecular flexibility index (Phi) is 4.62. The Morgan fingerprint density at radius 1 is 1.00 bits per heavy atom. The van der Waals surface area contributed by atoms with Crippen molar-refractivity contribution in [2.24, 2.45) is 7.05 Å².